The highest BCUT2D eigenvalue weighted by atomic mass is 32.2. The zero-order valence-electron chi connectivity index (χ0n) is 11.2. The van der Waals surface area contributed by atoms with E-state index >= 15 is 0 Å². The van der Waals surface area contributed by atoms with E-state index in [-0.39, 0.29) is 22.9 Å². The summed E-state index contributed by atoms with van der Waals surface area (Å²) in [6.07, 6.45) is 0. The van der Waals surface area contributed by atoms with E-state index in [1.165, 1.54) is 35.3 Å². The van der Waals surface area contributed by atoms with Crippen molar-refractivity contribution in [3.8, 4) is 0 Å². The second-order valence-electron chi connectivity index (χ2n) is 4.10. The molecule has 1 atom stereocenters. The molecule has 0 saturated carbocycles. The minimum absolute atomic E-state index is 0.0211. The van der Waals surface area contributed by atoms with Crippen LogP contribution in [0.1, 0.15) is 0 Å². The Morgan fingerprint density at radius 1 is 1.55 bits per heavy atom. The monoisotopic (exact) mass is 317 g/mol. The number of esters is 1. The number of ether oxygens (including phenoxy) is 1. The molecule has 20 heavy (non-hydrogen) atoms. The van der Waals surface area contributed by atoms with Gasteiger partial charge in [0, 0.05) is 25.9 Å². The van der Waals surface area contributed by atoms with E-state index in [1.54, 1.807) is 11.9 Å². The summed E-state index contributed by atoms with van der Waals surface area (Å²) in [4.78, 5) is 25.3. The van der Waals surface area contributed by atoms with Crippen molar-refractivity contribution >= 4 is 35.4 Å². The normalized spacial score (nSPS) is 18.9. The first-order valence-electron chi connectivity index (χ1n) is 5.94. The fourth-order valence-corrected chi connectivity index (χ4v) is 3.59. The highest BCUT2D eigenvalue weighted by Gasteiger charge is 2.29. The van der Waals surface area contributed by atoms with Gasteiger partial charge in [-0.25, -0.2) is 4.68 Å². The van der Waals surface area contributed by atoms with Gasteiger partial charge in [0.2, 0.25) is 11.1 Å². The van der Waals surface area contributed by atoms with Gasteiger partial charge in [0.15, 0.2) is 0 Å². The van der Waals surface area contributed by atoms with E-state index < -0.39 is 0 Å². The maximum atomic E-state index is 12.1. The number of aromatic nitrogens is 4. The first kappa shape index (κ1) is 15.1. The standard InChI is InChI=1S/C10H15N5O3S2/c1-14-10(11-12-13-14)20-6-8(16)15-3-4-19-7(5-15)9(17)18-2/h7H,3-6H2,1-2H3/t7-/m1/s1. The molecule has 0 spiro atoms. The van der Waals surface area contributed by atoms with Gasteiger partial charge in [-0.15, -0.1) is 16.9 Å². The molecule has 1 aliphatic heterocycles. The Bertz CT molecular complexity index is 495. The molecule has 0 aromatic carbocycles. The molecule has 1 fully saturated rings. The lowest BCUT2D eigenvalue weighted by molar-refractivity contribution is -0.141. The van der Waals surface area contributed by atoms with E-state index in [0.29, 0.717) is 18.2 Å². The lowest BCUT2D eigenvalue weighted by atomic mass is 10.3. The summed E-state index contributed by atoms with van der Waals surface area (Å²) in [6.45, 7) is 1.04. The summed E-state index contributed by atoms with van der Waals surface area (Å²) in [5, 5.41) is 11.3. The van der Waals surface area contributed by atoms with E-state index in [0.717, 1.165) is 5.75 Å². The molecule has 2 heterocycles. The van der Waals surface area contributed by atoms with Crippen LogP contribution in [-0.2, 0) is 21.4 Å². The Morgan fingerprint density at radius 2 is 2.35 bits per heavy atom. The molecule has 1 amide bonds. The summed E-state index contributed by atoms with van der Waals surface area (Å²) in [5.74, 6) is 0.693. The van der Waals surface area contributed by atoms with Crippen LogP contribution in [0, 0.1) is 0 Å². The Morgan fingerprint density at radius 3 is 3.00 bits per heavy atom. The second-order valence-corrected chi connectivity index (χ2v) is 6.35. The van der Waals surface area contributed by atoms with Gasteiger partial charge in [-0.1, -0.05) is 11.8 Å². The fourth-order valence-electron chi connectivity index (χ4n) is 1.71. The molecule has 10 heteroatoms. The average molecular weight is 317 g/mol. The maximum Gasteiger partial charge on any atom is 0.320 e. The molecule has 0 N–H and O–H groups in total. The molecule has 0 radical (unpaired) electrons. The molecule has 1 saturated heterocycles. The number of thioether (sulfide) groups is 2. The van der Waals surface area contributed by atoms with Crippen molar-refractivity contribution in [2.24, 2.45) is 7.05 Å². The lowest BCUT2D eigenvalue weighted by Crippen LogP contribution is -2.45. The second kappa shape index (κ2) is 6.93. The lowest BCUT2D eigenvalue weighted by Gasteiger charge is -2.30. The minimum Gasteiger partial charge on any atom is -0.468 e. The summed E-state index contributed by atoms with van der Waals surface area (Å²) in [7, 11) is 3.08. The summed E-state index contributed by atoms with van der Waals surface area (Å²) >= 11 is 2.81. The summed E-state index contributed by atoms with van der Waals surface area (Å²) < 4.78 is 6.23. The largest absolute Gasteiger partial charge is 0.468 e. The van der Waals surface area contributed by atoms with Crippen LogP contribution in [0.4, 0.5) is 0 Å². The number of amides is 1. The fraction of sp³-hybridized carbons (Fsp3) is 0.700. The van der Waals surface area contributed by atoms with Crippen LogP contribution < -0.4 is 0 Å². The molecule has 2 rings (SSSR count). The maximum absolute atomic E-state index is 12.1. The van der Waals surface area contributed by atoms with Crippen molar-refractivity contribution in [2.75, 3.05) is 31.7 Å². The highest BCUT2D eigenvalue weighted by molar-refractivity contribution is 8.00. The number of hydrogen-bond donors (Lipinski definition) is 0. The van der Waals surface area contributed by atoms with Gasteiger partial charge in [-0.2, -0.15) is 0 Å². The molecule has 1 aromatic rings. The van der Waals surface area contributed by atoms with Crippen molar-refractivity contribution in [3.63, 3.8) is 0 Å². The minimum atomic E-state index is -0.292. The Balaban J connectivity index is 1.86. The molecular weight excluding hydrogens is 302 g/mol. The van der Waals surface area contributed by atoms with Crippen LogP contribution in [0.3, 0.4) is 0 Å². The van der Waals surface area contributed by atoms with E-state index in [9.17, 15) is 9.59 Å². The van der Waals surface area contributed by atoms with Crippen LogP contribution in [0.15, 0.2) is 5.16 Å². The quantitative estimate of drug-likeness (QED) is 0.538. The molecule has 0 bridgehead atoms. The van der Waals surface area contributed by atoms with Gasteiger partial charge in [0.1, 0.15) is 5.25 Å². The molecule has 110 valence electrons. The first-order valence-corrected chi connectivity index (χ1v) is 7.97. The summed E-state index contributed by atoms with van der Waals surface area (Å²) in [6, 6.07) is 0. The van der Waals surface area contributed by atoms with E-state index in [1.807, 2.05) is 0 Å². The zero-order chi connectivity index (χ0) is 14.5. The van der Waals surface area contributed by atoms with E-state index in [4.69, 9.17) is 4.74 Å². The van der Waals surface area contributed by atoms with Gasteiger partial charge in [0.05, 0.1) is 12.9 Å². The molecule has 0 aliphatic carbocycles. The third-order valence-electron chi connectivity index (χ3n) is 2.79. The molecule has 8 nitrogen and oxygen atoms in total. The number of tetrazole rings is 1. The topological polar surface area (TPSA) is 90.2 Å². The molecule has 1 aromatic heterocycles. The van der Waals surface area contributed by atoms with Crippen LogP contribution in [0.25, 0.3) is 0 Å². The number of rotatable bonds is 4. The SMILES string of the molecule is COC(=O)[C@H]1CN(C(=O)CSc2nnnn2C)CCS1. The van der Waals surface area contributed by atoms with Gasteiger partial charge >= 0.3 is 5.97 Å². The number of carbonyl (C=O) groups is 2. The third kappa shape index (κ3) is 3.63. The predicted octanol–water partition coefficient (Wildman–Crippen LogP) is -0.581. The van der Waals surface area contributed by atoms with Crippen molar-refractivity contribution < 1.29 is 14.3 Å². The molecule has 0 unspecified atom stereocenters. The molecule has 1 aliphatic rings. The number of nitrogens with zero attached hydrogens (tertiary/aromatic N) is 5. The smallest absolute Gasteiger partial charge is 0.320 e. The van der Waals surface area contributed by atoms with Crippen molar-refractivity contribution in [2.45, 2.75) is 10.4 Å². The van der Waals surface area contributed by atoms with Crippen LogP contribution in [-0.4, -0.2) is 73.9 Å². The highest BCUT2D eigenvalue weighted by Crippen LogP contribution is 2.21. The first-order chi connectivity index (χ1) is 9.61. The molecular formula is C10H15N5O3S2. The number of hydrogen-bond acceptors (Lipinski definition) is 8. The van der Waals surface area contributed by atoms with Gasteiger partial charge in [-0.3, -0.25) is 9.59 Å². The van der Waals surface area contributed by atoms with Crippen LogP contribution in [0.5, 0.6) is 0 Å². The van der Waals surface area contributed by atoms with Crippen LogP contribution >= 0.6 is 23.5 Å². The summed E-state index contributed by atoms with van der Waals surface area (Å²) in [5.41, 5.74) is 0. The van der Waals surface area contributed by atoms with Crippen LogP contribution in [0.2, 0.25) is 0 Å². The van der Waals surface area contributed by atoms with E-state index in [2.05, 4.69) is 15.5 Å². The van der Waals surface area contributed by atoms with Crippen molar-refractivity contribution in [1.82, 2.24) is 25.1 Å². The number of aryl methyl sites for hydroxylation is 1. The zero-order valence-corrected chi connectivity index (χ0v) is 12.8. The number of carbonyl (C=O) groups excluding carboxylic acids is 2. The number of methoxy groups -OCH3 is 1. The third-order valence-corrected chi connectivity index (χ3v) is 4.95. The van der Waals surface area contributed by atoms with Gasteiger partial charge in [-0.05, 0) is 10.4 Å². The Labute approximate surface area is 124 Å². The van der Waals surface area contributed by atoms with Gasteiger partial charge in [0.25, 0.3) is 0 Å². The van der Waals surface area contributed by atoms with Gasteiger partial charge < -0.3 is 9.64 Å². The van der Waals surface area contributed by atoms with Crippen molar-refractivity contribution in [3.05, 3.63) is 0 Å². The predicted molar refractivity (Wildman–Crippen MR) is 74.4 cm³/mol. The Kier molecular flexibility index (Phi) is 5.24. The Hall–Kier alpha value is -1.29. The van der Waals surface area contributed by atoms with Crippen molar-refractivity contribution in [1.29, 1.82) is 0 Å². The average Bonchev–Trinajstić information content (AvgIpc) is 2.89.